The van der Waals surface area contributed by atoms with Gasteiger partial charge in [-0.25, -0.2) is 0 Å². The molecule has 1 aliphatic rings. The average molecular weight is 279 g/mol. The van der Waals surface area contributed by atoms with Crippen LogP contribution in [-0.2, 0) is 4.74 Å². The van der Waals surface area contributed by atoms with Crippen molar-refractivity contribution >= 4 is 17.3 Å². The summed E-state index contributed by atoms with van der Waals surface area (Å²) in [6.45, 7) is 0. The number of methoxy groups -OCH3 is 1. The Bertz CT molecular complexity index is 532. The molecule has 0 heterocycles. The van der Waals surface area contributed by atoms with Gasteiger partial charge in [0.15, 0.2) is 0 Å². The number of hydrogen-bond acceptors (Lipinski definition) is 5. The van der Waals surface area contributed by atoms with E-state index in [-0.39, 0.29) is 29.1 Å². The maximum Gasteiger partial charge on any atom is 0.292 e. The van der Waals surface area contributed by atoms with E-state index in [1.54, 1.807) is 7.11 Å². The van der Waals surface area contributed by atoms with Crippen LogP contribution in [0.4, 0.5) is 11.4 Å². The first-order valence-corrected chi connectivity index (χ1v) is 6.41. The molecule has 7 nitrogen and oxygen atoms in total. The molecule has 0 saturated heterocycles. The molecule has 2 atom stereocenters. The normalized spacial score (nSPS) is 21.6. The van der Waals surface area contributed by atoms with E-state index >= 15 is 0 Å². The van der Waals surface area contributed by atoms with Crippen molar-refractivity contribution in [1.82, 2.24) is 5.32 Å². The Balaban J connectivity index is 2.17. The summed E-state index contributed by atoms with van der Waals surface area (Å²) in [7, 11) is 1.61. The van der Waals surface area contributed by atoms with Gasteiger partial charge in [-0.05, 0) is 25.3 Å². The number of nitrogens with zero attached hydrogens (tertiary/aromatic N) is 1. The summed E-state index contributed by atoms with van der Waals surface area (Å²) in [5, 5.41) is 13.6. The monoisotopic (exact) mass is 279 g/mol. The van der Waals surface area contributed by atoms with Crippen molar-refractivity contribution in [3.05, 3.63) is 33.9 Å². The van der Waals surface area contributed by atoms with Gasteiger partial charge in [-0.1, -0.05) is 6.07 Å². The fourth-order valence-corrected chi connectivity index (χ4v) is 2.53. The molecule has 108 valence electrons. The van der Waals surface area contributed by atoms with Gasteiger partial charge < -0.3 is 15.8 Å². The number of carbonyl (C=O) groups is 1. The summed E-state index contributed by atoms with van der Waals surface area (Å²) >= 11 is 0. The number of carbonyl (C=O) groups excluding carboxylic acids is 1. The molecule has 1 fully saturated rings. The fraction of sp³-hybridized carbons (Fsp3) is 0.462. The van der Waals surface area contributed by atoms with Crippen molar-refractivity contribution in [2.45, 2.75) is 31.4 Å². The molecule has 1 saturated carbocycles. The zero-order chi connectivity index (χ0) is 14.7. The Morgan fingerprint density at radius 3 is 2.90 bits per heavy atom. The van der Waals surface area contributed by atoms with Crippen molar-refractivity contribution in [2.75, 3.05) is 12.8 Å². The van der Waals surface area contributed by atoms with E-state index in [1.165, 1.54) is 18.2 Å². The second-order valence-corrected chi connectivity index (χ2v) is 4.78. The molecule has 0 spiro atoms. The third kappa shape index (κ3) is 2.72. The first kappa shape index (κ1) is 14.3. The number of nitrogens with one attached hydrogen (secondary N) is 1. The summed E-state index contributed by atoms with van der Waals surface area (Å²) in [6, 6.07) is 4.13. The highest BCUT2D eigenvalue weighted by Gasteiger charge is 2.29. The molecular weight excluding hydrogens is 262 g/mol. The standard InChI is InChI=1S/C13H17N3O4/c1-20-11-7-3-5-9(11)15-13(17)8-4-2-6-10(12(8)14)16(18)19/h2,4,6,9,11H,3,5,7,14H2,1H3,(H,15,17). The summed E-state index contributed by atoms with van der Waals surface area (Å²) in [5.74, 6) is -0.403. The number of nitrogens with two attached hydrogens (primary N) is 1. The minimum Gasteiger partial charge on any atom is -0.393 e. The molecule has 0 radical (unpaired) electrons. The van der Waals surface area contributed by atoms with Gasteiger partial charge >= 0.3 is 0 Å². The minimum absolute atomic E-state index is 0.0149. The lowest BCUT2D eigenvalue weighted by atomic mass is 10.1. The zero-order valence-electron chi connectivity index (χ0n) is 11.2. The lowest BCUT2D eigenvalue weighted by Crippen LogP contribution is -2.40. The Kier molecular flexibility index (Phi) is 4.19. The first-order chi connectivity index (χ1) is 9.54. The molecule has 0 aromatic heterocycles. The van der Waals surface area contributed by atoms with E-state index in [4.69, 9.17) is 10.5 Å². The van der Waals surface area contributed by atoms with Crippen molar-refractivity contribution < 1.29 is 14.5 Å². The van der Waals surface area contributed by atoms with Crippen LogP contribution in [0.25, 0.3) is 0 Å². The number of rotatable bonds is 4. The highest BCUT2D eigenvalue weighted by atomic mass is 16.6. The number of amides is 1. The van der Waals surface area contributed by atoms with Crippen LogP contribution < -0.4 is 11.1 Å². The maximum absolute atomic E-state index is 12.2. The molecule has 0 bridgehead atoms. The van der Waals surface area contributed by atoms with Crippen LogP contribution in [0, 0.1) is 10.1 Å². The van der Waals surface area contributed by atoms with Crippen LogP contribution in [0.1, 0.15) is 29.6 Å². The number of anilines is 1. The fourth-order valence-electron chi connectivity index (χ4n) is 2.53. The Hall–Kier alpha value is -2.15. The van der Waals surface area contributed by atoms with Gasteiger partial charge in [-0.3, -0.25) is 14.9 Å². The SMILES string of the molecule is COC1CCCC1NC(=O)c1cccc([N+](=O)[O-])c1N. The largest absolute Gasteiger partial charge is 0.393 e. The third-order valence-electron chi connectivity index (χ3n) is 3.60. The molecule has 7 heteroatoms. The third-order valence-corrected chi connectivity index (χ3v) is 3.60. The highest BCUT2D eigenvalue weighted by Crippen LogP contribution is 2.26. The second-order valence-electron chi connectivity index (χ2n) is 4.78. The quantitative estimate of drug-likeness (QED) is 0.493. The lowest BCUT2D eigenvalue weighted by Gasteiger charge is -2.20. The molecule has 1 amide bonds. The van der Waals surface area contributed by atoms with Crippen LogP contribution in [0.15, 0.2) is 18.2 Å². The van der Waals surface area contributed by atoms with Crippen LogP contribution in [0.5, 0.6) is 0 Å². The van der Waals surface area contributed by atoms with Gasteiger partial charge in [0.2, 0.25) is 0 Å². The number of ether oxygens (including phenoxy) is 1. The molecule has 0 aliphatic heterocycles. The molecule has 3 N–H and O–H groups in total. The Morgan fingerprint density at radius 1 is 1.50 bits per heavy atom. The molecule has 1 aromatic carbocycles. The van der Waals surface area contributed by atoms with E-state index in [9.17, 15) is 14.9 Å². The number of hydrogen-bond donors (Lipinski definition) is 2. The molecular formula is C13H17N3O4. The summed E-state index contributed by atoms with van der Waals surface area (Å²) in [6.07, 6.45) is 2.69. The predicted molar refractivity (Wildman–Crippen MR) is 73.4 cm³/mol. The summed E-state index contributed by atoms with van der Waals surface area (Å²) in [5.41, 5.74) is 5.45. The molecule has 20 heavy (non-hydrogen) atoms. The van der Waals surface area contributed by atoms with Crippen LogP contribution in [-0.4, -0.2) is 30.1 Å². The number of nitrogen functional groups attached to an aromatic ring is 1. The minimum atomic E-state index is -0.598. The van der Waals surface area contributed by atoms with Gasteiger partial charge in [-0.15, -0.1) is 0 Å². The first-order valence-electron chi connectivity index (χ1n) is 6.41. The van der Waals surface area contributed by atoms with Crippen molar-refractivity contribution in [3.63, 3.8) is 0 Å². The van der Waals surface area contributed by atoms with Gasteiger partial charge in [0.05, 0.1) is 22.6 Å². The van der Waals surface area contributed by atoms with Crippen molar-refractivity contribution in [2.24, 2.45) is 0 Å². The van der Waals surface area contributed by atoms with E-state index in [0.29, 0.717) is 0 Å². The lowest BCUT2D eigenvalue weighted by molar-refractivity contribution is -0.383. The van der Waals surface area contributed by atoms with Gasteiger partial charge in [0, 0.05) is 13.2 Å². The van der Waals surface area contributed by atoms with Gasteiger partial charge in [0.25, 0.3) is 11.6 Å². The summed E-state index contributed by atoms with van der Waals surface area (Å²) < 4.78 is 5.30. The number of para-hydroxylation sites is 1. The van der Waals surface area contributed by atoms with Crippen LogP contribution in [0.2, 0.25) is 0 Å². The van der Waals surface area contributed by atoms with E-state index in [2.05, 4.69) is 5.32 Å². The van der Waals surface area contributed by atoms with E-state index < -0.39 is 10.8 Å². The Labute approximate surface area is 116 Å². The van der Waals surface area contributed by atoms with Crippen molar-refractivity contribution in [3.8, 4) is 0 Å². The van der Waals surface area contributed by atoms with E-state index in [1.807, 2.05) is 0 Å². The smallest absolute Gasteiger partial charge is 0.292 e. The number of nitro benzene ring substituents is 1. The predicted octanol–water partition coefficient (Wildman–Crippen LogP) is 1.47. The zero-order valence-corrected chi connectivity index (χ0v) is 11.2. The van der Waals surface area contributed by atoms with Crippen molar-refractivity contribution in [1.29, 1.82) is 0 Å². The van der Waals surface area contributed by atoms with E-state index in [0.717, 1.165) is 19.3 Å². The maximum atomic E-state index is 12.2. The molecule has 1 aliphatic carbocycles. The second kappa shape index (κ2) is 5.87. The Morgan fingerprint density at radius 2 is 2.25 bits per heavy atom. The number of benzene rings is 1. The molecule has 2 rings (SSSR count). The van der Waals surface area contributed by atoms with Gasteiger partial charge in [-0.2, -0.15) is 0 Å². The van der Waals surface area contributed by atoms with Crippen LogP contribution in [0.3, 0.4) is 0 Å². The molecule has 1 aromatic rings. The summed E-state index contributed by atoms with van der Waals surface area (Å²) in [4.78, 5) is 22.4. The topological polar surface area (TPSA) is 107 Å². The highest BCUT2D eigenvalue weighted by molar-refractivity contribution is 6.01. The van der Waals surface area contributed by atoms with Gasteiger partial charge in [0.1, 0.15) is 5.69 Å². The average Bonchev–Trinajstić information content (AvgIpc) is 2.85. The van der Waals surface area contributed by atoms with Crippen LogP contribution >= 0.6 is 0 Å². The number of nitro groups is 1. The molecule has 2 unspecified atom stereocenters.